The van der Waals surface area contributed by atoms with E-state index in [1.807, 2.05) is 49.8 Å². The number of aromatic nitrogens is 2. The number of carbonyl (C=O) groups is 1. The van der Waals surface area contributed by atoms with E-state index in [0.717, 1.165) is 11.3 Å². The van der Waals surface area contributed by atoms with Crippen molar-refractivity contribution in [3.05, 3.63) is 48.3 Å². The van der Waals surface area contributed by atoms with Crippen molar-refractivity contribution in [2.75, 3.05) is 20.1 Å². The summed E-state index contributed by atoms with van der Waals surface area (Å²) in [5, 5.41) is 13.8. The van der Waals surface area contributed by atoms with Crippen molar-refractivity contribution in [1.82, 2.24) is 25.7 Å². The molecule has 0 spiro atoms. The maximum absolute atomic E-state index is 11.9. The van der Waals surface area contributed by atoms with Crippen LogP contribution in [0.1, 0.15) is 39.3 Å². The van der Waals surface area contributed by atoms with Crippen LogP contribution < -0.4 is 16.0 Å². The Morgan fingerprint density at radius 3 is 2.54 bits per heavy atom. The molecule has 1 unspecified atom stereocenters. The normalized spacial score (nSPS) is 12.7. The summed E-state index contributed by atoms with van der Waals surface area (Å²) in [6.45, 7) is 8.91. The first kappa shape index (κ1) is 23.9. The number of halogens is 1. The lowest BCUT2D eigenvalue weighted by molar-refractivity contribution is -0.128. The molecule has 1 atom stereocenters. The molecule has 0 bridgehead atoms. The topological polar surface area (TPSA) is 83.3 Å². The van der Waals surface area contributed by atoms with Gasteiger partial charge in [-0.25, -0.2) is 4.68 Å². The highest BCUT2D eigenvalue weighted by atomic mass is 127. The fourth-order valence-corrected chi connectivity index (χ4v) is 2.46. The molecule has 3 N–H and O–H groups in total. The highest BCUT2D eigenvalue weighted by Crippen LogP contribution is 2.16. The second-order valence-corrected chi connectivity index (χ2v) is 7.42. The lowest BCUT2D eigenvalue weighted by Crippen LogP contribution is -2.44. The molecule has 0 radical (unpaired) electrons. The highest BCUT2D eigenvalue weighted by Gasteiger charge is 2.20. The number of aliphatic imine (C=N–C) groups is 1. The summed E-state index contributed by atoms with van der Waals surface area (Å²) in [7, 11) is 1.73. The Morgan fingerprint density at radius 2 is 1.93 bits per heavy atom. The van der Waals surface area contributed by atoms with Gasteiger partial charge in [0.05, 0.1) is 11.7 Å². The van der Waals surface area contributed by atoms with E-state index >= 15 is 0 Å². The SMILES string of the molecule is CN=C(NCCNC(=O)C(C)(C)C)NC(C)c1cccc(-n2cccn2)c1.I. The molecule has 1 aromatic heterocycles. The lowest BCUT2D eigenvalue weighted by Gasteiger charge is -2.20. The van der Waals surface area contributed by atoms with E-state index in [9.17, 15) is 4.79 Å². The van der Waals surface area contributed by atoms with E-state index in [2.05, 4.69) is 45.1 Å². The minimum atomic E-state index is -0.381. The zero-order valence-corrected chi connectivity index (χ0v) is 19.5. The van der Waals surface area contributed by atoms with E-state index in [1.54, 1.807) is 13.2 Å². The van der Waals surface area contributed by atoms with Crippen molar-refractivity contribution in [3.8, 4) is 5.69 Å². The number of hydrogen-bond acceptors (Lipinski definition) is 3. The molecule has 8 heteroatoms. The third-order valence-electron chi connectivity index (χ3n) is 4.10. The van der Waals surface area contributed by atoms with Crippen molar-refractivity contribution in [2.24, 2.45) is 10.4 Å². The third kappa shape index (κ3) is 7.14. The van der Waals surface area contributed by atoms with Gasteiger partial charge < -0.3 is 16.0 Å². The molecule has 0 aliphatic heterocycles. The summed E-state index contributed by atoms with van der Waals surface area (Å²) in [6.07, 6.45) is 3.68. The second kappa shape index (κ2) is 11.0. The Morgan fingerprint density at radius 1 is 1.21 bits per heavy atom. The number of guanidine groups is 1. The fraction of sp³-hybridized carbons (Fsp3) is 0.450. The van der Waals surface area contributed by atoms with Gasteiger partial charge in [0.15, 0.2) is 5.96 Å². The minimum absolute atomic E-state index is 0. The second-order valence-electron chi connectivity index (χ2n) is 7.42. The van der Waals surface area contributed by atoms with Gasteiger partial charge in [0.2, 0.25) is 5.91 Å². The Labute approximate surface area is 184 Å². The molecular weight excluding hydrogens is 467 g/mol. The number of hydrogen-bond donors (Lipinski definition) is 3. The summed E-state index contributed by atoms with van der Waals surface area (Å²) in [4.78, 5) is 16.1. The molecule has 1 heterocycles. The Bertz CT molecular complexity index is 767. The molecule has 154 valence electrons. The number of carbonyl (C=O) groups excluding carboxylic acids is 1. The molecule has 0 saturated heterocycles. The molecular formula is C20H31IN6O. The van der Waals surface area contributed by atoms with Crippen molar-refractivity contribution in [2.45, 2.75) is 33.7 Å². The fourth-order valence-electron chi connectivity index (χ4n) is 2.46. The average molecular weight is 498 g/mol. The molecule has 1 aromatic carbocycles. The number of nitrogens with one attached hydrogen (secondary N) is 3. The monoisotopic (exact) mass is 498 g/mol. The first-order valence-electron chi connectivity index (χ1n) is 9.16. The maximum Gasteiger partial charge on any atom is 0.225 e. The van der Waals surface area contributed by atoms with E-state index < -0.39 is 0 Å². The lowest BCUT2D eigenvalue weighted by atomic mass is 9.96. The first-order chi connectivity index (χ1) is 12.8. The molecule has 2 rings (SSSR count). The maximum atomic E-state index is 11.9. The molecule has 1 amide bonds. The quantitative estimate of drug-likeness (QED) is 0.248. The van der Waals surface area contributed by atoms with Crippen LogP contribution in [-0.2, 0) is 4.79 Å². The van der Waals surface area contributed by atoms with Crippen LogP contribution in [0.15, 0.2) is 47.7 Å². The van der Waals surface area contributed by atoms with Gasteiger partial charge in [0, 0.05) is 37.9 Å². The van der Waals surface area contributed by atoms with Crippen LogP contribution in [0.25, 0.3) is 5.69 Å². The first-order valence-corrected chi connectivity index (χ1v) is 9.16. The van der Waals surface area contributed by atoms with Crippen molar-refractivity contribution < 1.29 is 4.79 Å². The van der Waals surface area contributed by atoms with E-state index in [4.69, 9.17) is 0 Å². The number of amides is 1. The molecule has 7 nitrogen and oxygen atoms in total. The van der Waals surface area contributed by atoms with Crippen LogP contribution in [-0.4, -0.2) is 41.8 Å². The summed E-state index contributed by atoms with van der Waals surface area (Å²) < 4.78 is 1.83. The zero-order valence-electron chi connectivity index (χ0n) is 17.2. The molecule has 0 aliphatic rings. The Balaban J connectivity index is 0.00000392. The van der Waals surface area contributed by atoms with E-state index in [-0.39, 0.29) is 41.3 Å². The van der Waals surface area contributed by atoms with Crippen LogP contribution in [0.3, 0.4) is 0 Å². The predicted molar refractivity (Wildman–Crippen MR) is 124 cm³/mol. The summed E-state index contributed by atoms with van der Waals surface area (Å²) in [5.41, 5.74) is 1.76. The van der Waals surface area contributed by atoms with Gasteiger partial charge in [0.1, 0.15) is 0 Å². The summed E-state index contributed by atoms with van der Waals surface area (Å²) >= 11 is 0. The van der Waals surface area contributed by atoms with Gasteiger partial charge in [-0.3, -0.25) is 9.79 Å². The number of nitrogens with zero attached hydrogens (tertiary/aromatic N) is 3. The van der Waals surface area contributed by atoms with Gasteiger partial charge in [-0.2, -0.15) is 5.10 Å². The van der Waals surface area contributed by atoms with Gasteiger partial charge in [-0.1, -0.05) is 32.9 Å². The van der Waals surface area contributed by atoms with Crippen LogP contribution in [0.2, 0.25) is 0 Å². The van der Waals surface area contributed by atoms with Crippen LogP contribution in [0, 0.1) is 5.41 Å². The van der Waals surface area contributed by atoms with Gasteiger partial charge in [0.25, 0.3) is 0 Å². The largest absolute Gasteiger partial charge is 0.355 e. The predicted octanol–water partition coefficient (Wildman–Crippen LogP) is 2.88. The van der Waals surface area contributed by atoms with Gasteiger partial charge in [-0.05, 0) is 30.7 Å². The number of rotatable bonds is 6. The van der Waals surface area contributed by atoms with Crippen molar-refractivity contribution in [3.63, 3.8) is 0 Å². The molecule has 0 aliphatic carbocycles. The minimum Gasteiger partial charge on any atom is -0.355 e. The smallest absolute Gasteiger partial charge is 0.225 e. The molecule has 2 aromatic rings. The zero-order chi connectivity index (χ0) is 19.9. The van der Waals surface area contributed by atoms with Crippen LogP contribution in [0.5, 0.6) is 0 Å². The van der Waals surface area contributed by atoms with Crippen LogP contribution >= 0.6 is 24.0 Å². The third-order valence-corrected chi connectivity index (χ3v) is 4.10. The van der Waals surface area contributed by atoms with E-state index in [0.29, 0.717) is 19.0 Å². The molecule has 28 heavy (non-hydrogen) atoms. The average Bonchev–Trinajstić information content (AvgIpc) is 3.18. The number of benzene rings is 1. The molecule has 0 saturated carbocycles. The van der Waals surface area contributed by atoms with Crippen molar-refractivity contribution in [1.29, 1.82) is 0 Å². The van der Waals surface area contributed by atoms with Gasteiger partial charge in [-0.15, -0.1) is 24.0 Å². The van der Waals surface area contributed by atoms with Crippen molar-refractivity contribution >= 4 is 35.8 Å². The Hall–Kier alpha value is -2.10. The standard InChI is InChI=1S/C20H30N6O.HI/c1-15(16-8-6-9-17(14-16)26-13-7-10-24-26)25-19(21-5)23-12-11-22-18(27)20(2,3)4;/h6-10,13-15H,11-12H2,1-5H3,(H,22,27)(H2,21,23,25);1H. The summed E-state index contributed by atoms with van der Waals surface area (Å²) in [6, 6.07) is 10.2. The highest BCUT2D eigenvalue weighted by molar-refractivity contribution is 14.0. The van der Waals surface area contributed by atoms with E-state index in [1.165, 1.54) is 0 Å². The Kier molecular flexibility index (Phi) is 9.44. The summed E-state index contributed by atoms with van der Waals surface area (Å²) in [5.74, 6) is 0.730. The van der Waals surface area contributed by atoms with Gasteiger partial charge >= 0.3 is 0 Å². The molecule has 0 fully saturated rings. The van der Waals surface area contributed by atoms with Crippen LogP contribution in [0.4, 0.5) is 0 Å².